The highest BCUT2D eigenvalue weighted by molar-refractivity contribution is 5.94. The molecule has 0 saturated carbocycles. The first-order chi connectivity index (χ1) is 10.0. The standard InChI is InChI=1S/C16H14FN3O/c1-20(10-12-4-2-11(9-18)3-5-12)16(21)14-7-6-13(19)8-15(14)17/h2-8H,10,19H2,1H3. The molecule has 0 radical (unpaired) electrons. The number of nitrogens with zero attached hydrogens (tertiary/aromatic N) is 2. The van der Waals surface area contributed by atoms with Crippen molar-refractivity contribution in [2.24, 2.45) is 0 Å². The largest absolute Gasteiger partial charge is 0.399 e. The van der Waals surface area contributed by atoms with Gasteiger partial charge >= 0.3 is 0 Å². The Morgan fingerprint density at radius 1 is 1.29 bits per heavy atom. The zero-order valence-electron chi connectivity index (χ0n) is 11.5. The van der Waals surface area contributed by atoms with Crippen LogP contribution in [0.25, 0.3) is 0 Å². The van der Waals surface area contributed by atoms with E-state index in [0.717, 1.165) is 11.6 Å². The van der Waals surface area contributed by atoms with Gasteiger partial charge in [-0.3, -0.25) is 4.79 Å². The lowest BCUT2D eigenvalue weighted by Crippen LogP contribution is -2.27. The molecule has 106 valence electrons. The molecule has 2 N–H and O–H groups in total. The van der Waals surface area contributed by atoms with Crippen molar-refractivity contribution in [1.29, 1.82) is 5.26 Å². The molecule has 4 nitrogen and oxygen atoms in total. The number of carbonyl (C=O) groups excluding carboxylic acids is 1. The number of nitrogens with two attached hydrogens (primary N) is 1. The average Bonchev–Trinajstić information content (AvgIpc) is 2.47. The van der Waals surface area contributed by atoms with E-state index in [1.165, 1.54) is 17.0 Å². The van der Waals surface area contributed by atoms with Crippen molar-refractivity contribution in [3.63, 3.8) is 0 Å². The highest BCUT2D eigenvalue weighted by Gasteiger charge is 2.16. The normalized spacial score (nSPS) is 9.95. The molecule has 0 aliphatic carbocycles. The Morgan fingerprint density at radius 2 is 1.95 bits per heavy atom. The minimum atomic E-state index is -0.633. The minimum absolute atomic E-state index is 0.0136. The van der Waals surface area contributed by atoms with Gasteiger partial charge in [-0.05, 0) is 35.9 Å². The molecule has 2 aromatic rings. The maximum atomic E-state index is 13.7. The van der Waals surface area contributed by atoms with Gasteiger partial charge < -0.3 is 10.6 Å². The predicted octanol–water partition coefficient (Wildman–Crippen LogP) is 2.55. The van der Waals surface area contributed by atoms with Gasteiger partial charge in [-0.2, -0.15) is 5.26 Å². The summed E-state index contributed by atoms with van der Waals surface area (Å²) < 4.78 is 13.7. The van der Waals surface area contributed by atoms with Gasteiger partial charge in [-0.15, -0.1) is 0 Å². The van der Waals surface area contributed by atoms with Crippen LogP contribution in [-0.2, 0) is 6.54 Å². The van der Waals surface area contributed by atoms with E-state index in [1.807, 2.05) is 6.07 Å². The number of hydrogen-bond donors (Lipinski definition) is 1. The van der Waals surface area contributed by atoms with Gasteiger partial charge in [-0.25, -0.2) is 4.39 Å². The third-order valence-electron chi connectivity index (χ3n) is 3.07. The van der Waals surface area contributed by atoms with Crippen LogP contribution in [0.1, 0.15) is 21.5 Å². The molecule has 0 spiro atoms. The van der Waals surface area contributed by atoms with Gasteiger partial charge in [0, 0.05) is 19.3 Å². The highest BCUT2D eigenvalue weighted by atomic mass is 19.1. The highest BCUT2D eigenvalue weighted by Crippen LogP contribution is 2.15. The van der Waals surface area contributed by atoms with Gasteiger partial charge in [0.05, 0.1) is 17.2 Å². The summed E-state index contributed by atoms with van der Waals surface area (Å²) in [6.07, 6.45) is 0. The molecule has 0 aliphatic heterocycles. The number of rotatable bonds is 3. The second kappa shape index (κ2) is 6.06. The van der Waals surface area contributed by atoms with E-state index in [0.29, 0.717) is 12.1 Å². The van der Waals surface area contributed by atoms with E-state index in [9.17, 15) is 9.18 Å². The lowest BCUT2D eigenvalue weighted by atomic mass is 10.1. The van der Waals surface area contributed by atoms with Gasteiger partial charge in [-0.1, -0.05) is 12.1 Å². The molecule has 2 aromatic carbocycles. The van der Waals surface area contributed by atoms with Crippen molar-refractivity contribution < 1.29 is 9.18 Å². The van der Waals surface area contributed by atoms with Gasteiger partial charge in [0.2, 0.25) is 0 Å². The molecular formula is C16H14FN3O. The number of amides is 1. The number of carbonyl (C=O) groups is 1. The van der Waals surface area contributed by atoms with Crippen molar-refractivity contribution in [2.75, 3.05) is 12.8 Å². The molecule has 5 heteroatoms. The van der Waals surface area contributed by atoms with Crippen LogP contribution in [-0.4, -0.2) is 17.9 Å². The fraction of sp³-hybridized carbons (Fsp3) is 0.125. The van der Waals surface area contributed by atoms with Crippen LogP contribution in [0.5, 0.6) is 0 Å². The lowest BCUT2D eigenvalue weighted by Gasteiger charge is -2.18. The van der Waals surface area contributed by atoms with Gasteiger partial charge in [0.1, 0.15) is 5.82 Å². The number of hydrogen-bond acceptors (Lipinski definition) is 3. The molecule has 0 atom stereocenters. The third-order valence-corrected chi connectivity index (χ3v) is 3.07. The first-order valence-corrected chi connectivity index (χ1v) is 6.31. The molecular weight excluding hydrogens is 269 g/mol. The number of anilines is 1. The first-order valence-electron chi connectivity index (χ1n) is 6.31. The van der Waals surface area contributed by atoms with Crippen molar-refractivity contribution in [2.45, 2.75) is 6.54 Å². The van der Waals surface area contributed by atoms with E-state index < -0.39 is 11.7 Å². The van der Waals surface area contributed by atoms with Crippen molar-refractivity contribution in [3.8, 4) is 6.07 Å². The summed E-state index contributed by atoms with van der Waals surface area (Å²) in [5, 5.41) is 8.73. The quantitative estimate of drug-likeness (QED) is 0.880. The maximum Gasteiger partial charge on any atom is 0.256 e. The second-order valence-electron chi connectivity index (χ2n) is 4.71. The molecule has 1 amide bonds. The van der Waals surface area contributed by atoms with Crippen LogP contribution in [0.4, 0.5) is 10.1 Å². The lowest BCUT2D eigenvalue weighted by molar-refractivity contribution is 0.0780. The van der Waals surface area contributed by atoms with Gasteiger partial charge in [0.25, 0.3) is 5.91 Å². The van der Waals surface area contributed by atoms with E-state index in [-0.39, 0.29) is 11.3 Å². The summed E-state index contributed by atoms with van der Waals surface area (Å²) >= 11 is 0. The molecule has 0 unspecified atom stereocenters. The summed E-state index contributed by atoms with van der Waals surface area (Å²) in [5.74, 6) is -1.05. The van der Waals surface area contributed by atoms with Crippen LogP contribution in [0, 0.1) is 17.1 Å². The number of nitriles is 1. The molecule has 0 aromatic heterocycles. The maximum absolute atomic E-state index is 13.7. The fourth-order valence-corrected chi connectivity index (χ4v) is 1.94. The van der Waals surface area contributed by atoms with Crippen LogP contribution >= 0.6 is 0 Å². The zero-order valence-corrected chi connectivity index (χ0v) is 11.5. The molecule has 2 rings (SSSR count). The number of benzene rings is 2. The fourth-order valence-electron chi connectivity index (χ4n) is 1.94. The van der Waals surface area contributed by atoms with E-state index in [1.54, 1.807) is 31.3 Å². The Morgan fingerprint density at radius 3 is 2.52 bits per heavy atom. The van der Waals surface area contributed by atoms with Crippen molar-refractivity contribution >= 4 is 11.6 Å². The molecule has 0 fully saturated rings. The van der Waals surface area contributed by atoms with Crippen LogP contribution in [0.15, 0.2) is 42.5 Å². The van der Waals surface area contributed by atoms with Crippen molar-refractivity contribution in [3.05, 3.63) is 65.0 Å². The zero-order chi connectivity index (χ0) is 15.4. The van der Waals surface area contributed by atoms with Crippen molar-refractivity contribution in [1.82, 2.24) is 4.90 Å². The van der Waals surface area contributed by atoms with Crippen LogP contribution < -0.4 is 5.73 Å². The summed E-state index contributed by atoms with van der Waals surface area (Å²) in [4.78, 5) is 13.6. The predicted molar refractivity (Wildman–Crippen MR) is 77.8 cm³/mol. The Bertz CT molecular complexity index is 704. The molecule has 21 heavy (non-hydrogen) atoms. The summed E-state index contributed by atoms with van der Waals surface area (Å²) in [6, 6.07) is 12.9. The molecule has 0 bridgehead atoms. The molecule has 0 heterocycles. The van der Waals surface area contributed by atoms with Gasteiger partial charge in [0.15, 0.2) is 0 Å². The smallest absolute Gasteiger partial charge is 0.256 e. The van der Waals surface area contributed by atoms with Crippen LogP contribution in [0.3, 0.4) is 0 Å². The SMILES string of the molecule is CN(Cc1ccc(C#N)cc1)C(=O)c1ccc(N)cc1F. The summed E-state index contributed by atoms with van der Waals surface area (Å²) in [5.41, 5.74) is 7.14. The van der Waals surface area contributed by atoms with E-state index >= 15 is 0 Å². The Hall–Kier alpha value is -2.87. The van der Waals surface area contributed by atoms with E-state index in [2.05, 4.69) is 0 Å². The summed E-state index contributed by atoms with van der Waals surface area (Å²) in [7, 11) is 1.59. The molecule has 0 aliphatic rings. The molecule has 0 saturated heterocycles. The Labute approximate surface area is 122 Å². The average molecular weight is 283 g/mol. The third kappa shape index (κ3) is 3.37. The topological polar surface area (TPSA) is 70.1 Å². The Kier molecular flexibility index (Phi) is 4.19. The minimum Gasteiger partial charge on any atom is -0.399 e. The monoisotopic (exact) mass is 283 g/mol. The number of halogens is 1. The Balaban J connectivity index is 2.13. The first kappa shape index (κ1) is 14.5. The summed E-state index contributed by atoms with van der Waals surface area (Å²) in [6.45, 7) is 0.328. The van der Waals surface area contributed by atoms with Crippen LogP contribution in [0.2, 0.25) is 0 Å². The number of nitrogen functional groups attached to an aromatic ring is 1. The second-order valence-corrected chi connectivity index (χ2v) is 4.71. The van der Waals surface area contributed by atoms with E-state index in [4.69, 9.17) is 11.0 Å².